The van der Waals surface area contributed by atoms with E-state index in [1.54, 1.807) is 23.1 Å². The van der Waals surface area contributed by atoms with Crippen LogP contribution in [-0.4, -0.2) is 51.3 Å². The second kappa shape index (κ2) is 7.61. The van der Waals surface area contributed by atoms with Crippen molar-refractivity contribution in [3.8, 4) is 5.75 Å². The number of ether oxygens (including phenoxy) is 2. The zero-order valence-corrected chi connectivity index (χ0v) is 15.9. The number of nitrogens with zero attached hydrogens (tertiary/aromatic N) is 1. The number of likely N-dealkylation sites (tertiary alicyclic amines) is 1. The van der Waals surface area contributed by atoms with Crippen LogP contribution in [0.3, 0.4) is 0 Å². The average molecular weight is 370 g/mol. The van der Waals surface area contributed by atoms with Crippen LogP contribution in [0.2, 0.25) is 0 Å². The molecular formula is C17H26N2O5S. The highest BCUT2D eigenvalue weighted by Gasteiger charge is 2.30. The third-order valence-corrected chi connectivity index (χ3v) is 5.39. The molecule has 1 aromatic carbocycles. The molecule has 0 atom stereocenters. The first-order valence-corrected chi connectivity index (χ1v) is 9.74. The molecule has 1 amide bonds. The summed E-state index contributed by atoms with van der Waals surface area (Å²) in [7, 11) is -2.24. The van der Waals surface area contributed by atoms with Gasteiger partial charge >= 0.3 is 6.09 Å². The van der Waals surface area contributed by atoms with E-state index in [2.05, 4.69) is 4.72 Å². The van der Waals surface area contributed by atoms with Gasteiger partial charge in [-0.05, 0) is 45.7 Å². The summed E-state index contributed by atoms with van der Waals surface area (Å²) in [6, 6.07) is 6.27. The second-order valence-corrected chi connectivity index (χ2v) is 8.70. The first kappa shape index (κ1) is 19.5. The summed E-state index contributed by atoms with van der Waals surface area (Å²) in [5.41, 5.74) is -0.542. The number of carbonyl (C=O) groups is 1. The predicted octanol–water partition coefficient (Wildman–Crippen LogP) is 2.37. The lowest BCUT2D eigenvalue weighted by Gasteiger charge is -2.33. The number of carbonyl (C=O) groups excluding carboxylic acids is 1. The van der Waals surface area contributed by atoms with Gasteiger partial charge in [0.25, 0.3) is 0 Å². The monoisotopic (exact) mass is 370 g/mol. The van der Waals surface area contributed by atoms with E-state index < -0.39 is 15.6 Å². The van der Waals surface area contributed by atoms with Crippen molar-refractivity contribution in [1.82, 2.24) is 9.62 Å². The lowest BCUT2D eigenvalue weighted by atomic mass is 10.1. The molecule has 0 unspecified atom stereocenters. The summed E-state index contributed by atoms with van der Waals surface area (Å²) in [6.45, 7) is 6.36. The standard InChI is InChI=1S/C17H26N2O5S/c1-17(2,3)24-16(20)19-11-9-13(10-12-19)18-25(21,22)15-8-6-5-7-14(15)23-4/h5-8,13,18H,9-12H2,1-4H3. The van der Waals surface area contributed by atoms with E-state index in [1.807, 2.05) is 20.8 Å². The molecule has 0 bridgehead atoms. The highest BCUT2D eigenvalue weighted by Crippen LogP contribution is 2.24. The predicted molar refractivity (Wildman–Crippen MR) is 94.1 cm³/mol. The Morgan fingerprint density at radius 2 is 1.80 bits per heavy atom. The van der Waals surface area contributed by atoms with Crippen molar-refractivity contribution >= 4 is 16.1 Å². The van der Waals surface area contributed by atoms with E-state index in [-0.39, 0.29) is 17.0 Å². The van der Waals surface area contributed by atoms with Crippen LogP contribution in [-0.2, 0) is 14.8 Å². The summed E-state index contributed by atoms with van der Waals surface area (Å²) < 4.78 is 38.4. The van der Waals surface area contributed by atoms with E-state index in [0.29, 0.717) is 31.7 Å². The highest BCUT2D eigenvalue weighted by molar-refractivity contribution is 7.89. The molecule has 1 saturated heterocycles. The van der Waals surface area contributed by atoms with Crippen LogP contribution in [0.5, 0.6) is 5.75 Å². The molecule has 1 aliphatic heterocycles. The van der Waals surface area contributed by atoms with Crippen LogP contribution in [0.15, 0.2) is 29.2 Å². The van der Waals surface area contributed by atoms with Crippen molar-refractivity contribution in [3.05, 3.63) is 24.3 Å². The molecule has 140 valence electrons. The molecule has 2 rings (SSSR count). The fourth-order valence-electron chi connectivity index (χ4n) is 2.63. The van der Waals surface area contributed by atoms with E-state index in [4.69, 9.17) is 9.47 Å². The van der Waals surface area contributed by atoms with Crippen molar-refractivity contribution in [2.24, 2.45) is 0 Å². The Labute approximate surface area is 149 Å². The van der Waals surface area contributed by atoms with E-state index in [0.717, 1.165) is 0 Å². The maximum Gasteiger partial charge on any atom is 0.410 e. The first-order valence-electron chi connectivity index (χ1n) is 8.25. The fraction of sp³-hybridized carbons (Fsp3) is 0.588. The summed E-state index contributed by atoms with van der Waals surface area (Å²) in [6.07, 6.45) is 0.708. The Morgan fingerprint density at radius 1 is 1.20 bits per heavy atom. The van der Waals surface area contributed by atoms with Gasteiger partial charge in [0.05, 0.1) is 7.11 Å². The normalized spacial score (nSPS) is 16.6. The summed E-state index contributed by atoms with van der Waals surface area (Å²) in [5.74, 6) is 0.307. The van der Waals surface area contributed by atoms with Gasteiger partial charge in [0.15, 0.2) is 0 Å². The van der Waals surface area contributed by atoms with Crippen molar-refractivity contribution < 1.29 is 22.7 Å². The van der Waals surface area contributed by atoms with Crippen molar-refractivity contribution in [2.45, 2.75) is 50.2 Å². The largest absolute Gasteiger partial charge is 0.495 e. The lowest BCUT2D eigenvalue weighted by Crippen LogP contribution is -2.47. The molecule has 1 heterocycles. The zero-order chi connectivity index (χ0) is 18.7. The molecule has 1 aromatic rings. The Hall–Kier alpha value is -1.80. The molecule has 8 heteroatoms. The number of amides is 1. The second-order valence-electron chi connectivity index (χ2n) is 7.01. The summed E-state index contributed by atoms with van der Waals surface area (Å²) >= 11 is 0. The van der Waals surface area contributed by atoms with Gasteiger partial charge in [-0.25, -0.2) is 17.9 Å². The van der Waals surface area contributed by atoms with Crippen LogP contribution >= 0.6 is 0 Å². The van der Waals surface area contributed by atoms with Crippen molar-refractivity contribution in [3.63, 3.8) is 0 Å². The number of hydrogen-bond acceptors (Lipinski definition) is 5. The Bertz CT molecular complexity index is 704. The first-order chi connectivity index (χ1) is 11.6. The van der Waals surface area contributed by atoms with Crippen LogP contribution in [0.4, 0.5) is 4.79 Å². The summed E-state index contributed by atoms with van der Waals surface area (Å²) in [4.78, 5) is 13.8. The van der Waals surface area contributed by atoms with Gasteiger partial charge < -0.3 is 14.4 Å². The lowest BCUT2D eigenvalue weighted by molar-refractivity contribution is 0.0203. The molecule has 25 heavy (non-hydrogen) atoms. The molecule has 7 nitrogen and oxygen atoms in total. The molecule has 0 spiro atoms. The van der Waals surface area contributed by atoms with Gasteiger partial charge in [0.1, 0.15) is 16.2 Å². The van der Waals surface area contributed by atoms with Crippen LogP contribution in [0.1, 0.15) is 33.6 Å². The Balaban J connectivity index is 1.96. The Kier molecular flexibility index (Phi) is 5.95. The number of para-hydroxylation sites is 1. The zero-order valence-electron chi connectivity index (χ0n) is 15.1. The van der Waals surface area contributed by atoms with E-state index in [1.165, 1.54) is 13.2 Å². The number of methoxy groups -OCH3 is 1. The molecule has 1 fully saturated rings. The fourth-order valence-corrected chi connectivity index (χ4v) is 4.11. The maximum atomic E-state index is 12.6. The van der Waals surface area contributed by atoms with Gasteiger partial charge in [-0.3, -0.25) is 0 Å². The van der Waals surface area contributed by atoms with Crippen LogP contribution in [0, 0.1) is 0 Å². The summed E-state index contributed by atoms with van der Waals surface area (Å²) in [5, 5.41) is 0. The molecule has 0 radical (unpaired) electrons. The third kappa shape index (κ3) is 5.34. The number of benzene rings is 1. The minimum atomic E-state index is -3.68. The quantitative estimate of drug-likeness (QED) is 0.879. The third-order valence-electron chi connectivity index (χ3n) is 3.83. The molecule has 0 aromatic heterocycles. The molecule has 0 aliphatic carbocycles. The molecule has 1 aliphatic rings. The molecular weight excluding hydrogens is 344 g/mol. The van der Waals surface area contributed by atoms with Crippen LogP contribution in [0.25, 0.3) is 0 Å². The number of hydrogen-bond donors (Lipinski definition) is 1. The smallest absolute Gasteiger partial charge is 0.410 e. The molecule has 1 N–H and O–H groups in total. The number of nitrogens with one attached hydrogen (secondary N) is 1. The number of sulfonamides is 1. The van der Waals surface area contributed by atoms with Gasteiger partial charge in [-0.2, -0.15) is 0 Å². The van der Waals surface area contributed by atoms with Gasteiger partial charge in [-0.1, -0.05) is 12.1 Å². The van der Waals surface area contributed by atoms with Crippen LogP contribution < -0.4 is 9.46 Å². The van der Waals surface area contributed by atoms with Gasteiger partial charge in [0, 0.05) is 19.1 Å². The average Bonchev–Trinajstić information content (AvgIpc) is 2.53. The Morgan fingerprint density at radius 3 is 2.36 bits per heavy atom. The highest BCUT2D eigenvalue weighted by atomic mass is 32.2. The maximum absolute atomic E-state index is 12.6. The SMILES string of the molecule is COc1ccccc1S(=O)(=O)NC1CCN(C(=O)OC(C)(C)C)CC1. The van der Waals surface area contributed by atoms with E-state index >= 15 is 0 Å². The van der Waals surface area contributed by atoms with Crippen molar-refractivity contribution in [2.75, 3.05) is 20.2 Å². The molecule has 0 saturated carbocycles. The van der Waals surface area contributed by atoms with Gasteiger partial charge in [0.2, 0.25) is 10.0 Å². The topological polar surface area (TPSA) is 84.9 Å². The van der Waals surface area contributed by atoms with Gasteiger partial charge in [-0.15, -0.1) is 0 Å². The number of piperidine rings is 1. The number of rotatable bonds is 4. The van der Waals surface area contributed by atoms with Crippen molar-refractivity contribution in [1.29, 1.82) is 0 Å². The minimum Gasteiger partial charge on any atom is -0.495 e. The minimum absolute atomic E-state index is 0.118. The van der Waals surface area contributed by atoms with E-state index in [9.17, 15) is 13.2 Å².